The molecule has 4 aromatic carbocycles. The fraction of sp³-hybridized carbons (Fsp3) is 0.257. The number of hydrogen-bond donors (Lipinski definition) is 3. The average molecular weight is 670 g/mol. The van der Waals surface area contributed by atoms with Crippen molar-refractivity contribution in [1.29, 1.82) is 0 Å². The molecule has 0 saturated carbocycles. The Bertz CT molecular complexity index is 1620. The number of carbonyl (C=O) groups excluding carboxylic acids is 2. The van der Waals surface area contributed by atoms with Gasteiger partial charge in [0.25, 0.3) is 0 Å². The minimum atomic E-state index is -0.424. The van der Waals surface area contributed by atoms with Crippen molar-refractivity contribution in [3.63, 3.8) is 0 Å². The highest BCUT2D eigenvalue weighted by molar-refractivity contribution is 6.42. The predicted octanol–water partition coefficient (Wildman–Crippen LogP) is 8.52. The van der Waals surface area contributed by atoms with E-state index in [1.165, 1.54) is 13.0 Å². The van der Waals surface area contributed by atoms with Gasteiger partial charge in [-0.05, 0) is 76.7 Å². The molecule has 2 amide bonds. The number of hydrogen-bond acceptors (Lipinski definition) is 4. The van der Waals surface area contributed by atoms with Crippen LogP contribution in [0.4, 0.5) is 15.8 Å². The number of carbonyl (C=O) groups is 2. The molecular formula is C35H36Cl3FN4O2. The summed E-state index contributed by atoms with van der Waals surface area (Å²) in [5.41, 5.74) is 5.37. The third kappa shape index (κ3) is 9.76. The topological polar surface area (TPSA) is 73.5 Å². The molecule has 3 N–H and O–H groups in total. The fourth-order valence-corrected chi connectivity index (χ4v) is 5.56. The van der Waals surface area contributed by atoms with Gasteiger partial charge >= 0.3 is 0 Å². The van der Waals surface area contributed by atoms with E-state index in [9.17, 15) is 14.0 Å². The van der Waals surface area contributed by atoms with Crippen LogP contribution in [0.25, 0.3) is 0 Å². The van der Waals surface area contributed by atoms with Gasteiger partial charge in [0.15, 0.2) is 0 Å². The van der Waals surface area contributed by atoms with E-state index in [4.69, 9.17) is 34.8 Å². The monoisotopic (exact) mass is 668 g/mol. The Labute approximate surface area is 278 Å². The highest BCUT2D eigenvalue weighted by Gasteiger charge is 2.25. The maximum Gasteiger partial charge on any atom is 0.224 e. The van der Waals surface area contributed by atoms with Gasteiger partial charge in [-0.1, -0.05) is 78.1 Å². The smallest absolute Gasteiger partial charge is 0.224 e. The van der Waals surface area contributed by atoms with Gasteiger partial charge in [0, 0.05) is 51.4 Å². The molecule has 4 rings (SSSR count). The van der Waals surface area contributed by atoms with E-state index in [1.54, 1.807) is 36.1 Å². The molecule has 0 aromatic heterocycles. The predicted molar refractivity (Wildman–Crippen MR) is 183 cm³/mol. The Morgan fingerprint density at radius 1 is 0.733 bits per heavy atom. The van der Waals surface area contributed by atoms with E-state index in [2.05, 4.69) is 22.9 Å². The lowest BCUT2D eigenvalue weighted by Gasteiger charge is -2.32. The van der Waals surface area contributed by atoms with Crippen molar-refractivity contribution in [2.24, 2.45) is 0 Å². The second-order valence-electron chi connectivity index (χ2n) is 11.0. The lowest BCUT2D eigenvalue weighted by Crippen LogP contribution is -2.39. The van der Waals surface area contributed by atoms with Crippen molar-refractivity contribution in [1.82, 2.24) is 10.6 Å². The van der Waals surface area contributed by atoms with Crippen LogP contribution >= 0.6 is 34.8 Å². The summed E-state index contributed by atoms with van der Waals surface area (Å²) in [6.07, 6.45) is 0. The van der Waals surface area contributed by atoms with E-state index < -0.39 is 5.82 Å². The Balaban J connectivity index is 1.46. The van der Waals surface area contributed by atoms with Crippen LogP contribution in [-0.2, 0) is 22.7 Å². The van der Waals surface area contributed by atoms with Crippen molar-refractivity contribution < 1.29 is 14.0 Å². The van der Waals surface area contributed by atoms with Gasteiger partial charge in [-0.3, -0.25) is 9.59 Å². The van der Waals surface area contributed by atoms with Gasteiger partial charge < -0.3 is 20.9 Å². The molecule has 45 heavy (non-hydrogen) atoms. The van der Waals surface area contributed by atoms with E-state index >= 15 is 0 Å². The maximum absolute atomic E-state index is 13.5. The lowest BCUT2D eigenvalue weighted by atomic mass is 10.0. The third-order valence-corrected chi connectivity index (χ3v) is 8.46. The normalized spacial score (nSPS) is 12.4. The van der Waals surface area contributed by atoms with Crippen molar-refractivity contribution in [2.75, 3.05) is 23.3 Å². The van der Waals surface area contributed by atoms with Gasteiger partial charge in [0.2, 0.25) is 11.8 Å². The SMILES string of the molecule is CC(=O)Nc1ccc(CNCC(c2ccc(Cl)c(Cl)c2)N(C(C)=O)c2ccc(CNCC(C)c3ccc(F)c(Cl)c3)cc2)cc1. The van der Waals surface area contributed by atoms with Crippen LogP contribution in [0.1, 0.15) is 55.0 Å². The summed E-state index contributed by atoms with van der Waals surface area (Å²) in [5.74, 6) is -0.525. The lowest BCUT2D eigenvalue weighted by molar-refractivity contribution is -0.117. The van der Waals surface area contributed by atoms with Gasteiger partial charge in [-0.25, -0.2) is 4.39 Å². The first kappa shape index (κ1) is 34.4. The number of benzene rings is 4. The van der Waals surface area contributed by atoms with E-state index in [1.807, 2.05) is 54.6 Å². The molecule has 2 atom stereocenters. The highest BCUT2D eigenvalue weighted by atomic mass is 35.5. The number of halogens is 4. The first-order valence-electron chi connectivity index (χ1n) is 14.6. The summed E-state index contributed by atoms with van der Waals surface area (Å²) in [6.45, 7) is 7.38. The van der Waals surface area contributed by atoms with Crippen LogP contribution in [0, 0.1) is 5.82 Å². The molecule has 0 spiro atoms. The Kier molecular flexibility index (Phi) is 12.4. The number of rotatable bonds is 13. The standard InChI is InChI=1S/C35H36Cl3FN4O2/c1-22(27-9-15-34(39)33(38)16-27)18-40-19-26-6-12-30(13-7-26)43(24(3)45)35(28-8-14-31(36)32(37)17-28)21-41-20-25-4-10-29(11-5-25)42-23(2)44/h4-17,22,35,40-41H,18-21H2,1-3H3,(H,42,44). The first-order chi connectivity index (χ1) is 21.5. The maximum atomic E-state index is 13.5. The summed E-state index contributed by atoms with van der Waals surface area (Å²) in [7, 11) is 0. The van der Waals surface area contributed by atoms with E-state index in [0.717, 1.165) is 33.6 Å². The van der Waals surface area contributed by atoms with Crippen molar-refractivity contribution in [3.05, 3.63) is 128 Å². The zero-order chi connectivity index (χ0) is 32.5. The number of nitrogens with one attached hydrogen (secondary N) is 3. The van der Waals surface area contributed by atoms with Crippen LogP contribution in [0.15, 0.2) is 84.9 Å². The number of anilines is 2. The Hall–Kier alpha value is -3.46. The summed E-state index contributed by atoms with van der Waals surface area (Å²) >= 11 is 18.6. The van der Waals surface area contributed by atoms with Gasteiger partial charge in [0.1, 0.15) is 5.82 Å². The van der Waals surface area contributed by atoms with Crippen LogP contribution in [0.2, 0.25) is 15.1 Å². The number of amides is 2. The molecule has 0 aliphatic carbocycles. The molecule has 0 bridgehead atoms. The molecule has 0 fully saturated rings. The van der Waals surface area contributed by atoms with Crippen LogP contribution in [0.5, 0.6) is 0 Å². The van der Waals surface area contributed by atoms with E-state index in [0.29, 0.717) is 36.2 Å². The Morgan fingerprint density at radius 2 is 1.31 bits per heavy atom. The van der Waals surface area contributed by atoms with Crippen molar-refractivity contribution in [3.8, 4) is 0 Å². The Morgan fingerprint density at radius 3 is 1.89 bits per heavy atom. The average Bonchev–Trinajstić information content (AvgIpc) is 3.00. The van der Waals surface area contributed by atoms with Crippen molar-refractivity contribution in [2.45, 2.75) is 45.8 Å². The highest BCUT2D eigenvalue weighted by Crippen LogP contribution is 2.32. The fourth-order valence-electron chi connectivity index (χ4n) is 5.07. The minimum Gasteiger partial charge on any atom is -0.326 e. The molecule has 2 unspecified atom stereocenters. The second kappa shape index (κ2) is 16.2. The first-order valence-corrected chi connectivity index (χ1v) is 15.7. The third-order valence-electron chi connectivity index (χ3n) is 7.43. The zero-order valence-electron chi connectivity index (χ0n) is 25.3. The second-order valence-corrected chi connectivity index (χ2v) is 12.2. The molecule has 0 saturated heterocycles. The molecule has 0 radical (unpaired) electrons. The molecule has 10 heteroatoms. The minimum absolute atomic E-state index is 0.120. The summed E-state index contributed by atoms with van der Waals surface area (Å²) < 4.78 is 13.5. The van der Waals surface area contributed by atoms with Crippen LogP contribution in [0.3, 0.4) is 0 Å². The molecule has 236 valence electrons. The van der Waals surface area contributed by atoms with Gasteiger partial charge in [-0.2, -0.15) is 0 Å². The molecular weight excluding hydrogens is 634 g/mol. The zero-order valence-corrected chi connectivity index (χ0v) is 27.6. The van der Waals surface area contributed by atoms with Crippen LogP contribution in [-0.4, -0.2) is 24.9 Å². The largest absolute Gasteiger partial charge is 0.326 e. The molecule has 6 nitrogen and oxygen atoms in total. The summed E-state index contributed by atoms with van der Waals surface area (Å²) in [5, 5.41) is 10.7. The van der Waals surface area contributed by atoms with Gasteiger partial charge in [-0.15, -0.1) is 0 Å². The van der Waals surface area contributed by atoms with Crippen molar-refractivity contribution >= 4 is 58.0 Å². The molecule has 0 heterocycles. The molecule has 4 aromatic rings. The van der Waals surface area contributed by atoms with Crippen LogP contribution < -0.4 is 20.9 Å². The van der Waals surface area contributed by atoms with E-state index in [-0.39, 0.29) is 28.8 Å². The molecule has 0 aliphatic rings. The van der Waals surface area contributed by atoms with Gasteiger partial charge in [0.05, 0.1) is 21.1 Å². The summed E-state index contributed by atoms with van der Waals surface area (Å²) in [4.78, 5) is 26.2. The quantitative estimate of drug-likeness (QED) is 0.133. The number of nitrogens with zero attached hydrogens (tertiary/aromatic N) is 1. The summed E-state index contributed by atoms with van der Waals surface area (Å²) in [6, 6.07) is 25.3. The molecule has 0 aliphatic heterocycles.